The Kier molecular flexibility index (Phi) is 14.2. The van der Waals surface area contributed by atoms with Gasteiger partial charge in [-0.15, -0.1) is 0 Å². The quantitative estimate of drug-likeness (QED) is 0.428. The number of ketones is 1. The van der Waals surface area contributed by atoms with Crippen molar-refractivity contribution < 1.29 is 14.7 Å². The van der Waals surface area contributed by atoms with Gasteiger partial charge in [0.2, 0.25) is 0 Å². The lowest BCUT2D eigenvalue weighted by atomic mass is 10.1. The van der Waals surface area contributed by atoms with E-state index in [-0.39, 0.29) is 12.2 Å². The molecule has 0 unspecified atom stereocenters. The number of hydrogen-bond acceptors (Lipinski definition) is 2. The van der Waals surface area contributed by atoms with Crippen molar-refractivity contribution in [1.82, 2.24) is 0 Å². The largest absolute Gasteiger partial charge is 0.481 e. The van der Waals surface area contributed by atoms with Gasteiger partial charge >= 0.3 is 5.97 Å². The van der Waals surface area contributed by atoms with E-state index in [1.165, 1.54) is 32.1 Å². The number of carbonyl (C=O) groups excluding carboxylic acids is 1. The predicted octanol–water partition coefficient (Wildman–Crippen LogP) is 5.48. The molecule has 1 rings (SSSR count). The van der Waals surface area contributed by atoms with Crippen LogP contribution in [0.3, 0.4) is 0 Å². The lowest BCUT2D eigenvalue weighted by Crippen LogP contribution is -1.92. The van der Waals surface area contributed by atoms with E-state index >= 15 is 0 Å². The van der Waals surface area contributed by atoms with E-state index in [9.17, 15) is 9.59 Å². The number of carbonyl (C=O) groups is 2. The van der Waals surface area contributed by atoms with Crippen molar-refractivity contribution in [1.29, 1.82) is 0 Å². The fourth-order valence-electron chi connectivity index (χ4n) is 2.23. The van der Waals surface area contributed by atoms with Gasteiger partial charge in [-0.3, -0.25) is 9.59 Å². The Morgan fingerprint density at radius 3 is 2.52 bits per heavy atom. The van der Waals surface area contributed by atoms with E-state index in [0.717, 1.165) is 12.8 Å². The standard InChI is InChI=1S/C13H20O.C7H12O2/c1-2-3-4-5-6-7-8-12-9-10-13(14)11-12;1-2-3-4-5-6-7(8)9/h7-10,12H,2-6,11H2,1H3;2-3H,4-6H2,1H3,(H,8,9)/b8-7+;3-2-/t12-;/m0./s1. The van der Waals surface area contributed by atoms with Gasteiger partial charge in [0.25, 0.3) is 0 Å². The van der Waals surface area contributed by atoms with Crippen LogP contribution in [0, 0.1) is 5.92 Å². The smallest absolute Gasteiger partial charge is 0.303 e. The van der Waals surface area contributed by atoms with Crippen molar-refractivity contribution in [2.24, 2.45) is 5.92 Å². The normalized spacial score (nSPS) is 17.0. The highest BCUT2D eigenvalue weighted by atomic mass is 16.4. The molecule has 0 aromatic carbocycles. The van der Waals surface area contributed by atoms with Gasteiger partial charge in [-0.25, -0.2) is 0 Å². The molecule has 0 fully saturated rings. The summed E-state index contributed by atoms with van der Waals surface area (Å²) in [7, 11) is 0. The zero-order valence-electron chi connectivity index (χ0n) is 14.7. The topological polar surface area (TPSA) is 54.4 Å². The van der Waals surface area contributed by atoms with Gasteiger partial charge < -0.3 is 5.11 Å². The van der Waals surface area contributed by atoms with Crippen molar-refractivity contribution in [2.45, 2.75) is 71.6 Å². The third kappa shape index (κ3) is 15.0. The number of rotatable bonds is 10. The number of carboxylic acid groups (broad SMARTS) is 1. The van der Waals surface area contributed by atoms with Crippen molar-refractivity contribution in [3.63, 3.8) is 0 Å². The minimum absolute atomic E-state index is 0.269. The maximum atomic E-state index is 10.9. The summed E-state index contributed by atoms with van der Waals surface area (Å²) in [6, 6.07) is 0. The Balaban J connectivity index is 0.000000468. The van der Waals surface area contributed by atoms with Crippen molar-refractivity contribution >= 4 is 11.8 Å². The van der Waals surface area contributed by atoms with Crippen LogP contribution < -0.4 is 0 Å². The van der Waals surface area contributed by atoms with Gasteiger partial charge in [0.05, 0.1) is 0 Å². The number of hydrogen-bond donors (Lipinski definition) is 1. The molecule has 0 aromatic heterocycles. The second-order valence-corrected chi connectivity index (χ2v) is 5.83. The van der Waals surface area contributed by atoms with Gasteiger partial charge in [-0.05, 0) is 38.7 Å². The average Bonchev–Trinajstić information content (AvgIpc) is 2.93. The minimum atomic E-state index is -0.709. The molecule has 1 N–H and O–H groups in total. The molecule has 1 aliphatic rings. The van der Waals surface area contributed by atoms with Crippen LogP contribution in [0.2, 0.25) is 0 Å². The summed E-state index contributed by atoms with van der Waals surface area (Å²) in [6.07, 6.45) is 21.0. The zero-order valence-corrected chi connectivity index (χ0v) is 14.7. The first-order valence-electron chi connectivity index (χ1n) is 8.80. The van der Waals surface area contributed by atoms with Crippen LogP contribution in [0.4, 0.5) is 0 Å². The van der Waals surface area contributed by atoms with Crippen LogP contribution in [0.1, 0.15) is 71.6 Å². The van der Waals surface area contributed by atoms with Gasteiger partial charge in [0.15, 0.2) is 5.78 Å². The van der Waals surface area contributed by atoms with E-state index < -0.39 is 5.97 Å². The molecule has 23 heavy (non-hydrogen) atoms. The highest BCUT2D eigenvalue weighted by molar-refractivity contribution is 5.92. The van der Waals surface area contributed by atoms with Gasteiger partial charge in [-0.1, -0.05) is 56.6 Å². The molecule has 0 saturated heterocycles. The van der Waals surface area contributed by atoms with Crippen molar-refractivity contribution in [3.8, 4) is 0 Å². The first-order valence-corrected chi connectivity index (χ1v) is 8.80. The summed E-state index contributed by atoms with van der Waals surface area (Å²) >= 11 is 0. The molecule has 0 saturated carbocycles. The number of aliphatic carboxylic acids is 1. The first kappa shape index (κ1) is 21.4. The average molecular weight is 320 g/mol. The van der Waals surface area contributed by atoms with Crippen LogP contribution in [0.5, 0.6) is 0 Å². The molecular formula is C20H32O3. The molecular weight excluding hydrogens is 288 g/mol. The van der Waals surface area contributed by atoms with Gasteiger partial charge in [0.1, 0.15) is 0 Å². The van der Waals surface area contributed by atoms with Crippen LogP contribution in [0.15, 0.2) is 36.5 Å². The molecule has 0 heterocycles. The number of allylic oxidation sites excluding steroid dienone is 6. The summed E-state index contributed by atoms with van der Waals surface area (Å²) in [5.74, 6) is -0.0567. The fourth-order valence-corrected chi connectivity index (χ4v) is 2.23. The van der Waals surface area contributed by atoms with E-state index in [2.05, 4.69) is 19.1 Å². The van der Waals surface area contributed by atoms with Gasteiger partial charge in [-0.2, -0.15) is 0 Å². The maximum absolute atomic E-state index is 10.9. The number of unbranched alkanes of at least 4 members (excludes halogenated alkanes) is 5. The summed E-state index contributed by atoms with van der Waals surface area (Å²) < 4.78 is 0. The Labute approximate surface area is 141 Å². The first-order chi connectivity index (χ1) is 11.1. The third-order valence-corrected chi connectivity index (χ3v) is 3.57. The summed E-state index contributed by atoms with van der Waals surface area (Å²) in [6.45, 7) is 4.16. The molecule has 0 radical (unpaired) electrons. The molecule has 0 aromatic rings. The summed E-state index contributed by atoms with van der Waals surface area (Å²) in [4.78, 5) is 20.8. The Morgan fingerprint density at radius 2 is 1.96 bits per heavy atom. The van der Waals surface area contributed by atoms with Crippen molar-refractivity contribution in [2.75, 3.05) is 0 Å². The molecule has 0 bridgehead atoms. The predicted molar refractivity (Wildman–Crippen MR) is 96.5 cm³/mol. The lowest BCUT2D eigenvalue weighted by molar-refractivity contribution is -0.137. The number of carboxylic acids is 1. The second-order valence-electron chi connectivity index (χ2n) is 5.83. The Hall–Kier alpha value is -1.64. The second kappa shape index (κ2) is 15.3. The molecule has 1 aliphatic carbocycles. The maximum Gasteiger partial charge on any atom is 0.303 e. The van der Waals surface area contributed by atoms with Crippen LogP contribution >= 0.6 is 0 Å². The SMILES string of the molecule is C/C=C\CCCC(=O)O.CCCCCC/C=C/[C@H]1C=CC(=O)C1. The molecule has 0 aliphatic heterocycles. The zero-order chi connectivity index (χ0) is 17.3. The molecule has 3 nitrogen and oxygen atoms in total. The fraction of sp³-hybridized carbons (Fsp3) is 0.600. The molecule has 0 amide bonds. The monoisotopic (exact) mass is 320 g/mol. The van der Waals surface area contributed by atoms with Crippen molar-refractivity contribution in [3.05, 3.63) is 36.5 Å². The van der Waals surface area contributed by atoms with E-state index in [1.54, 1.807) is 6.08 Å². The molecule has 0 spiro atoms. The molecule has 3 heteroatoms. The van der Waals surface area contributed by atoms with E-state index in [4.69, 9.17) is 5.11 Å². The highest BCUT2D eigenvalue weighted by Crippen LogP contribution is 2.16. The summed E-state index contributed by atoms with van der Waals surface area (Å²) in [5.41, 5.74) is 0. The lowest BCUT2D eigenvalue weighted by Gasteiger charge is -1.98. The minimum Gasteiger partial charge on any atom is -0.481 e. The Bertz CT molecular complexity index is 405. The van der Waals surface area contributed by atoms with Crippen LogP contribution in [-0.4, -0.2) is 16.9 Å². The van der Waals surface area contributed by atoms with Gasteiger partial charge in [0, 0.05) is 18.8 Å². The summed E-state index contributed by atoms with van der Waals surface area (Å²) in [5, 5.41) is 8.19. The van der Waals surface area contributed by atoms with E-state index in [0.29, 0.717) is 12.3 Å². The molecule has 1 atom stereocenters. The highest BCUT2D eigenvalue weighted by Gasteiger charge is 2.11. The van der Waals surface area contributed by atoms with Crippen LogP contribution in [0.25, 0.3) is 0 Å². The third-order valence-electron chi connectivity index (χ3n) is 3.57. The van der Waals surface area contributed by atoms with Crippen LogP contribution in [-0.2, 0) is 9.59 Å². The Morgan fingerprint density at radius 1 is 1.22 bits per heavy atom. The van der Waals surface area contributed by atoms with E-state index in [1.807, 2.05) is 25.2 Å². The molecule has 130 valence electrons.